The molecule has 0 unspecified atom stereocenters. The van der Waals surface area contributed by atoms with Crippen LogP contribution < -0.4 is 14.8 Å². The zero-order valence-corrected chi connectivity index (χ0v) is 15.2. The molecule has 2 fully saturated rings. The molecule has 25 heavy (non-hydrogen) atoms. The first kappa shape index (κ1) is 18.0. The largest absolute Gasteiger partial charge is 0.494 e. The number of carbonyl (C=O) groups is 1. The number of ether oxygens (including phenoxy) is 3. The summed E-state index contributed by atoms with van der Waals surface area (Å²) in [5, 5.41) is 3.00. The van der Waals surface area contributed by atoms with Crippen molar-refractivity contribution in [1.82, 2.24) is 4.90 Å². The summed E-state index contributed by atoms with van der Waals surface area (Å²) < 4.78 is 16.8. The Labute approximate surface area is 149 Å². The Kier molecular flexibility index (Phi) is 6.15. The van der Waals surface area contributed by atoms with Gasteiger partial charge in [0.1, 0.15) is 18.1 Å². The molecule has 0 atom stereocenters. The number of nitrogens with zero attached hydrogens (tertiary/aromatic N) is 1. The average molecular weight is 348 g/mol. The van der Waals surface area contributed by atoms with Gasteiger partial charge in [-0.2, -0.15) is 0 Å². The van der Waals surface area contributed by atoms with Crippen molar-refractivity contribution in [2.45, 2.75) is 26.2 Å². The quantitative estimate of drug-likeness (QED) is 0.820. The predicted octanol–water partition coefficient (Wildman–Crippen LogP) is 2.45. The minimum atomic E-state index is 0.0879. The maximum atomic E-state index is 12.2. The maximum absolute atomic E-state index is 12.2. The lowest BCUT2D eigenvalue weighted by atomic mass is 9.85. The second-order valence-electron chi connectivity index (χ2n) is 6.69. The first-order valence-electron chi connectivity index (χ1n) is 9.10. The molecular formula is C19H28N2O4. The van der Waals surface area contributed by atoms with E-state index < -0.39 is 0 Å². The third-order valence-corrected chi connectivity index (χ3v) is 5.06. The first-order chi connectivity index (χ1) is 12.2. The van der Waals surface area contributed by atoms with Crippen LogP contribution in [0.25, 0.3) is 0 Å². The van der Waals surface area contributed by atoms with Crippen molar-refractivity contribution < 1.29 is 19.0 Å². The van der Waals surface area contributed by atoms with E-state index in [9.17, 15) is 4.79 Å². The number of amides is 1. The molecule has 0 aromatic heterocycles. The lowest BCUT2D eigenvalue weighted by Crippen LogP contribution is -2.38. The molecule has 1 heterocycles. The molecule has 3 rings (SSSR count). The number of hydrogen-bond acceptors (Lipinski definition) is 5. The fourth-order valence-electron chi connectivity index (χ4n) is 3.21. The molecular weight excluding hydrogens is 320 g/mol. The smallest absolute Gasteiger partial charge is 0.227 e. The van der Waals surface area contributed by atoms with Crippen molar-refractivity contribution in [3.63, 3.8) is 0 Å². The lowest BCUT2D eigenvalue weighted by molar-refractivity contribution is -0.122. The molecule has 1 saturated carbocycles. The van der Waals surface area contributed by atoms with Gasteiger partial charge in [0.15, 0.2) is 0 Å². The van der Waals surface area contributed by atoms with Crippen LogP contribution in [-0.4, -0.2) is 57.4 Å². The normalized spacial score (nSPS) is 18.5. The Morgan fingerprint density at radius 1 is 1.32 bits per heavy atom. The zero-order valence-electron chi connectivity index (χ0n) is 15.2. The fourth-order valence-corrected chi connectivity index (χ4v) is 3.21. The molecule has 6 nitrogen and oxygen atoms in total. The summed E-state index contributed by atoms with van der Waals surface area (Å²) in [5.74, 6) is 1.71. The summed E-state index contributed by atoms with van der Waals surface area (Å²) in [6, 6.07) is 3.78. The summed E-state index contributed by atoms with van der Waals surface area (Å²) in [6.07, 6.45) is 3.11. The molecule has 1 amide bonds. The van der Waals surface area contributed by atoms with Crippen molar-refractivity contribution in [1.29, 1.82) is 0 Å². The molecule has 0 radical (unpaired) electrons. The monoisotopic (exact) mass is 348 g/mol. The SMILES string of the molecule is COc1c(NC(=O)C2CCC2)ccc(OCCN2CCOCC2)c1C. The number of benzene rings is 1. The molecule has 0 spiro atoms. The first-order valence-corrected chi connectivity index (χ1v) is 9.10. The van der Waals surface area contributed by atoms with Crippen LogP contribution in [-0.2, 0) is 9.53 Å². The number of nitrogens with one attached hydrogen (secondary N) is 1. The van der Waals surface area contributed by atoms with E-state index in [1.807, 2.05) is 19.1 Å². The van der Waals surface area contributed by atoms with Crippen LogP contribution >= 0.6 is 0 Å². The van der Waals surface area contributed by atoms with Crippen LogP contribution in [0.2, 0.25) is 0 Å². The van der Waals surface area contributed by atoms with Gasteiger partial charge in [-0.3, -0.25) is 9.69 Å². The highest BCUT2D eigenvalue weighted by Crippen LogP contribution is 2.36. The number of carbonyl (C=O) groups excluding carboxylic acids is 1. The van der Waals surface area contributed by atoms with E-state index >= 15 is 0 Å². The van der Waals surface area contributed by atoms with Gasteiger partial charge in [0.2, 0.25) is 5.91 Å². The van der Waals surface area contributed by atoms with Gasteiger partial charge in [-0.25, -0.2) is 0 Å². The molecule has 1 aromatic carbocycles. The van der Waals surface area contributed by atoms with Crippen molar-refractivity contribution in [3.05, 3.63) is 17.7 Å². The van der Waals surface area contributed by atoms with E-state index in [-0.39, 0.29) is 11.8 Å². The predicted molar refractivity (Wildman–Crippen MR) is 96.5 cm³/mol. The van der Waals surface area contributed by atoms with Gasteiger partial charge >= 0.3 is 0 Å². The Morgan fingerprint density at radius 2 is 2.08 bits per heavy atom. The van der Waals surface area contributed by atoms with E-state index in [4.69, 9.17) is 14.2 Å². The van der Waals surface area contributed by atoms with Crippen LogP contribution in [0.4, 0.5) is 5.69 Å². The summed E-state index contributed by atoms with van der Waals surface area (Å²) in [5.41, 5.74) is 1.63. The van der Waals surface area contributed by atoms with Crippen molar-refractivity contribution in [3.8, 4) is 11.5 Å². The summed E-state index contributed by atoms with van der Waals surface area (Å²) in [6.45, 7) is 6.96. The van der Waals surface area contributed by atoms with Crippen molar-refractivity contribution >= 4 is 11.6 Å². The molecule has 2 aliphatic rings. The molecule has 1 aliphatic carbocycles. The van der Waals surface area contributed by atoms with E-state index in [1.54, 1.807) is 7.11 Å². The summed E-state index contributed by atoms with van der Waals surface area (Å²) in [7, 11) is 1.62. The number of morpholine rings is 1. The van der Waals surface area contributed by atoms with Gasteiger partial charge in [-0.05, 0) is 31.9 Å². The highest BCUT2D eigenvalue weighted by Gasteiger charge is 2.26. The lowest BCUT2D eigenvalue weighted by Gasteiger charge is -2.27. The standard InChI is InChI=1S/C19H28N2O4/c1-14-17(25-13-10-21-8-11-24-12-9-21)7-6-16(18(14)23-2)20-19(22)15-4-3-5-15/h6-7,15H,3-5,8-13H2,1-2H3,(H,20,22). The van der Waals surface area contributed by atoms with E-state index in [0.717, 1.165) is 69.1 Å². The minimum Gasteiger partial charge on any atom is -0.494 e. The van der Waals surface area contributed by atoms with Gasteiger partial charge in [0.25, 0.3) is 0 Å². The summed E-state index contributed by atoms with van der Waals surface area (Å²) >= 11 is 0. The third-order valence-electron chi connectivity index (χ3n) is 5.06. The van der Waals surface area contributed by atoms with E-state index in [1.165, 1.54) is 0 Å². The van der Waals surface area contributed by atoms with Gasteiger partial charge < -0.3 is 19.5 Å². The van der Waals surface area contributed by atoms with Crippen LogP contribution in [0.3, 0.4) is 0 Å². The molecule has 1 aromatic rings. The maximum Gasteiger partial charge on any atom is 0.227 e. The van der Waals surface area contributed by atoms with Crippen molar-refractivity contribution in [2.24, 2.45) is 5.92 Å². The third kappa shape index (κ3) is 4.44. The Bertz CT molecular complexity index is 595. The molecule has 1 saturated heterocycles. The van der Waals surface area contributed by atoms with E-state index in [2.05, 4.69) is 10.2 Å². The van der Waals surface area contributed by atoms with Gasteiger partial charge in [0.05, 0.1) is 26.0 Å². The van der Waals surface area contributed by atoms with Crippen LogP contribution in [0, 0.1) is 12.8 Å². The Hall–Kier alpha value is -1.79. The second kappa shape index (κ2) is 8.54. The molecule has 138 valence electrons. The molecule has 0 bridgehead atoms. The molecule has 1 N–H and O–H groups in total. The number of hydrogen-bond donors (Lipinski definition) is 1. The Morgan fingerprint density at radius 3 is 2.72 bits per heavy atom. The van der Waals surface area contributed by atoms with Gasteiger partial charge in [0, 0.05) is 31.1 Å². The number of anilines is 1. The summed E-state index contributed by atoms with van der Waals surface area (Å²) in [4.78, 5) is 14.5. The Balaban J connectivity index is 1.59. The highest BCUT2D eigenvalue weighted by atomic mass is 16.5. The van der Waals surface area contributed by atoms with Crippen molar-refractivity contribution in [2.75, 3.05) is 51.9 Å². The highest BCUT2D eigenvalue weighted by molar-refractivity contribution is 5.94. The molecule has 6 heteroatoms. The number of rotatable bonds is 7. The van der Waals surface area contributed by atoms with Crippen LogP contribution in [0.1, 0.15) is 24.8 Å². The zero-order chi connectivity index (χ0) is 17.6. The average Bonchev–Trinajstić information content (AvgIpc) is 2.56. The van der Waals surface area contributed by atoms with Crippen LogP contribution in [0.5, 0.6) is 11.5 Å². The second-order valence-corrected chi connectivity index (χ2v) is 6.69. The van der Waals surface area contributed by atoms with Gasteiger partial charge in [-0.1, -0.05) is 6.42 Å². The topological polar surface area (TPSA) is 60.0 Å². The van der Waals surface area contributed by atoms with Gasteiger partial charge in [-0.15, -0.1) is 0 Å². The minimum absolute atomic E-state index is 0.0879. The number of methoxy groups -OCH3 is 1. The fraction of sp³-hybridized carbons (Fsp3) is 0.632. The van der Waals surface area contributed by atoms with Crippen LogP contribution in [0.15, 0.2) is 12.1 Å². The molecule has 1 aliphatic heterocycles. The van der Waals surface area contributed by atoms with E-state index in [0.29, 0.717) is 12.4 Å².